The third-order valence-corrected chi connectivity index (χ3v) is 1.33. The Kier molecular flexibility index (Phi) is 2.11. The molecule has 0 saturated heterocycles. The van der Waals surface area contributed by atoms with Gasteiger partial charge in [0.25, 0.3) is 5.56 Å². The summed E-state index contributed by atoms with van der Waals surface area (Å²) in [5, 5.41) is -0.0195. The Morgan fingerprint density at radius 3 is 2.90 bits per heavy atom. The maximum atomic E-state index is 10.7. The van der Waals surface area contributed by atoms with Crippen LogP contribution < -0.4 is 5.56 Å². The first kappa shape index (κ1) is 7.34. The zero-order valence-corrected chi connectivity index (χ0v) is 6.43. The van der Waals surface area contributed by atoms with Gasteiger partial charge in [-0.05, 0) is 6.92 Å². The van der Waals surface area contributed by atoms with Gasteiger partial charge >= 0.3 is 0 Å². The second-order valence-electron chi connectivity index (χ2n) is 2.00. The van der Waals surface area contributed by atoms with Crippen molar-refractivity contribution in [3.63, 3.8) is 0 Å². The van der Waals surface area contributed by atoms with Crippen LogP contribution in [0.25, 0.3) is 0 Å². The summed E-state index contributed by atoms with van der Waals surface area (Å²) in [7, 11) is 0. The summed E-state index contributed by atoms with van der Waals surface area (Å²) in [6.45, 7) is 1.85. The molecule has 0 spiro atoms. The van der Waals surface area contributed by atoms with E-state index in [1.54, 1.807) is 0 Å². The van der Waals surface area contributed by atoms with Crippen LogP contribution in [0.15, 0.2) is 17.1 Å². The van der Waals surface area contributed by atoms with Gasteiger partial charge in [0.15, 0.2) is 0 Å². The quantitative estimate of drug-likeness (QED) is 0.590. The summed E-state index contributed by atoms with van der Waals surface area (Å²) in [6.07, 6.45) is 1.47. The van der Waals surface area contributed by atoms with E-state index in [1.807, 2.05) is 6.92 Å². The van der Waals surface area contributed by atoms with Crippen LogP contribution in [0.5, 0.6) is 0 Å². The smallest absolute Gasteiger partial charge is 0.250 e. The van der Waals surface area contributed by atoms with Crippen LogP contribution >= 0.6 is 12.6 Å². The minimum Gasteiger partial charge on any atom is -0.310 e. The van der Waals surface area contributed by atoms with E-state index in [4.69, 9.17) is 0 Å². The van der Waals surface area contributed by atoms with E-state index in [2.05, 4.69) is 22.6 Å². The van der Waals surface area contributed by atoms with Gasteiger partial charge in [-0.3, -0.25) is 4.79 Å². The van der Waals surface area contributed by atoms with E-state index in [0.717, 1.165) is 0 Å². The van der Waals surface area contributed by atoms with Gasteiger partial charge in [-0.1, -0.05) is 0 Å². The molecule has 10 heavy (non-hydrogen) atoms. The number of thiol groups is 1. The zero-order valence-electron chi connectivity index (χ0n) is 5.53. The van der Waals surface area contributed by atoms with E-state index in [-0.39, 0.29) is 10.8 Å². The van der Waals surface area contributed by atoms with Crippen molar-refractivity contribution in [2.24, 2.45) is 0 Å². The molecule has 0 amide bonds. The highest BCUT2D eigenvalue weighted by Crippen LogP contribution is 2.10. The van der Waals surface area contributed by atoms with Crippen molar-refractivity contribution in [2.75, 3.05) is 0 Å². The molecule has 1 aromatic rings. The molecule has 54 valence electrons. The summed E-state index contributed by atoms with van der Waals surface area (Å²) in [5.74, 6) is 0.607. The fourth-order valence-corrected chi connectivity index (χ4v) is 0.729. The van der Waals surface area contributed by atoms with Crippen molar-refractivity contribution in [1.82, 2.24) is 9.97 Å². The SMILES string of the molecule is CC(S)c1nccc(=O)[nH]1. The lowest BCUT2D eigenvalue weighted by molar-refractivity contribution is 0.907. The lowest BCUT2D eigenvalue weighted by atomic mass is 10.4. The summed E-state index contributed by atoms with van der Waals surface area (Å²) < 4.78 is 0. The maximum absolute atomic E-state index is 10.7. The molecule has 1 rings (SSSR count). The molecular weight excluding hydrogens is 148 g/mol. The average Bonchev–Trinajstić information content (AvgIpc) is 1.88. The van der Waals surface area contributed by atoms with Gasteiger partial charge in [-0.15, -0.1) is 0 Å². The Hall–Kier alpha value is -0.770. The highest BCUT2D eigenvalue weighted by Gasteiger charge is 1.99. The first-order valence-corrected chi connectivity index (χ1v) is 3.45. The lowest BCUT2D eigenvalue weighted by Crippen LogP contribution is -2.08. The van der Waals surface area contributed by atoms with Crippen molar-refractivity contribution in [2.45, 2.75) is 12.2 Å². The van der Waals surface area contributed by atoms with Gasteiger partial charge < -0.3 is 4.98 Å². The molecular formula is C6H8N2OS. The number of hydrogen-bond acceptors (Lipinski definition) is 3. The average molecular weight is 156 g/mol. The molecule has 0 radical (unpaired) electrons. The minimum atomic E-state index is -0.133. The second-order valence-corrected chi connectivity index (χ2v) is 2.77. The van der Waals surface area contributed by atoms with Crippen molar-refractivity contribution < 1.29 is 0 Å². The van der Waals surface area contributed by atoms with E-state index >= 15 is 0 Å². The molecule has 1 heterocycles. The first-order chi connectivity index (χ1) is 4.70. The fraction of sp³-hybridized carbons (Fsp3) is 0.333. The molecule has 0 aromatic carbocycles. The molecule has 0 bridgehead atoms. The standard InChI is InChI=1S/C6H8N2OS/c1-4(10)6-7-3-2-5(9)8-6/h2-4,10H,1H3,(H,7,8,9). The van der Waals surface area contributed by atoms with Crippen molar-refractivity contribution >= 4 is 12.6 Å². The molecule has 1 N–H and O–H groups in total. The molecule has 4 heteroatoms. The van der Waals surface area contributed by atoms with Crippen molar-refractivity contribution in [3.05, 3.63) is 28.4 Å². The predicted octanol–water partition coefficient (Wildman–Crippen LogP) is 0.761. The van der Waals surface area contributed by atoms with Crippen molar-refractivity contribution in [1.29, 1.82) is 0 Å². The molecule has 0 fully saturated rings. The van der Waals surface area contributed by atoms with E-state index in [0.29, 0.717) is 5.82 Å². The zero-order chi connectivity index (χ0) is 7.56. The van der Waals surface area contributed by atoms with E-state index in [1.165, 1.54) is 12.3 Å². The summed E-state index contributed by atoms with van der Waals surface area (Å²) in [5.41, 5.74) is -0.133. The van der Waals surface area contributed by atoms with Crippen LogP contribution in [-0.2, 0) is 0 Å². The number of aromatic amines is 1. The Bertz CT molecular complexity index is 268. The Morgan fingerprint density at radius 2 is 2.50 bits per heavy atom. The second kappa shape index (κ2) is 2.88. The van der Waals surface area contributed by atoms with Gasteiger partial charge in [-0.25, -0.2) is 4.98 Å². The summed E-state index contributed by atoms with van der Waals surface area (Å²) in [4.78, 5) is 17.1. The lowest BCUT2D eigenvalue weighted by Gasteiger charge is -1.99. The van der Waals surface area contributed by atoms with Crippen LogP contribution in [0, 0.1) is 0 Å². The van der Waals surface area contributed by atoms with Crippen molar-refractivity contribution in [3.8, 4) is 0 Å². The number of nitrogens with one attached hydrogen (secondary N) is 1. The van der Waals surface area contributed by atoms with Crippen LogP contribution in [0.1, 0.15) is 18.0 Å². The Balaban J connectivity index is 3.07. The maximum Gasteiger partial charge on any atom is 0.250 e. The predicted molar refractivity (Wildman–Crippen MR) is 42.3 cm³/mol. The molecule has 1 atom stereocenters. The third kappa shape index (κ3) is 1.60. The third-order valence-electron chi connectivity index (χ3n) is 1.09. The first-order valence-electron chi connectivity index (χ1n) is 2.93. The number of aromatic nitrogens is 2. The topological polar surface area (TPSA) is 45.8 Å². The highest BCUT2D eigenvalue weighted by atomic mass is 32.1. The monoisotopic (exact) mass is 156 g/mol. The number of hydrogen-bond donors (Lipinski definition) is 2. The highest BCUT2D eigenvalue weighted by molar-refractivity contribution is 7.80. The van der Waals surface area contributed by atoms with Gasteiger partial charge in [0, 0.05) is 12.3 Å². The molecule has 0 saturated carbocycles. The van der Waals surface area contributed by atoms with Crippen LogP contribution in [0.4, 0.5) is 0 Å². The van der Waals surface area contributed by atoms with Crippen LogP contribution in [0.3, 0.4) is 0 Å². The number of nitrogens with zero attached hydrogens (tertiary/aromatic N) is 1. The van der Waals surface area contributed by atoms with E-state index in [9.17, 15) is 4.79 Å². The minimum absolute atomic E-state index is 0.0195. The normalized spacial score (nSPS) is 13.0. The van der Waals surface area contributed by atoms with Gasteiger partial charge in [-0.2, -0.15) is 12.6 Å². The summed E-state index contributed by atoms with van der Waals surface area (Å²) >= 11 is 4.10. The number of H-pyrrole nitrogens is 1. The Labute approximate surface area is 63.9 Å². The molecule has 0 aliphatic carbocycles. The van der Waals surface area contributed by atoms with Gasteiger partial charge in [0.05, 0.1) is 5.25 Å². The van der Waals surface area contributed by atoms with Gasteiger partial charge in [0.2, 0.25) is 0 Å². The molecule has 1 aromatic heterocycles. The molecule has 0 aliphatic rings. The summed E-state index contributed by atoms with van der Waals surface area (Å²) in [6, 6.07) is 1.37. The van der Waals surface area contributed by atoms with Crippen LogP contribution in [-0.4, -0.2) is 9.97 Å². The largest absolute Gasteiger partial charge is 0.310 e. The van der Waals surface area contributed by atoms with Gasteiger partial charge in [0.1, 0.15) is 5.82 Å². The molecule has 1 unspecified atom stereocenters. The number of rotatable bonds is 1. The van der Waals surface area contributed by atoms with E-state index < -0.39 is 0 Å². The molecule has 3 nitrogen and oxygen atoms in total. The molecule has 0 aliphatic heterocycles. The Morgan fingerprint density at radius 1 is 1.80 bits per heavy atom. The van der Waals surface area contributed by atoms with Crippen LogP contribution in [0.2, 0.25) is 0 Å². The fourth-order valence-electron chi connectivity index (χ4n) is 0.598.